The Morgan fingerprint density at radius 1 is 1.38 bits per heavy atom. The van der Waals surface area contributed by atoms with Crippen molar-refractivity contribution in [1.29, 1.82) is 0 Å². The first kappa shape index (κ1) is 15.2. The first-order valence-electron chi connectivity index (χ1n) is 6.61. The lowest BCUT2D eigenvalue weighted by Gasteiger charge is -2.06. The summed E-state index contributed by atoms with van der Waals surface area (Å²) in [6.45, 7) is 4.43. The third-order valence-corrected chi connectivity index (χ3v) is 3.58. The molecule has 6 heteroatoms. The standard InChI is InChI=1S/C15H17N3O2S/c1-11(2)10-14(19)16-7-8-18-15(20)6-5-12(17-18)13-4-3-9-21-13/h3-6,9-10H,7-8H2,1-2H3,(H,16,19). The minimum atomic E-state index is -0.174. The Kier molecular flexibility index (Phi) is 5.05. The number of hydrogen-bond acceptors (Lipinski definition) is 4. The molecule has 0 aliphatic heterocycles. The Morgan fingerprint density at radius 3 is 2.86 bits per heavy atom. The van der Waals surface area contributed by atoms with Crippen LogP contribution in [0.3, 0.4) is 0 Å². The van der Waals surface area contributed by atoms with Gasteiger partial charge < -0.3 is 5.32 Å². The summed E-state index contributed by atoms with van der Waals surface area (Å²) in [5, 5.41) is 9.02. The zero-order chi connectivity index (χ0) is 15.2. The molecule has 0 fully saturated rings. The molecule has 0 atom stereocenters. The lowest BCUT2D eigenvalue weighted by Crippen LogP contribution is -2.31. The van der Waals surface area contributed by atoms with Gasteiger partial charge in [0.05, 0.1) is 11.4 Å². The number of rotatable bonds is 5. The molecule has 2 aromatic rings. The van der Waals surface area contributed by atoms with Gasteiger partial charge in [-0.05, 0) is 31.4 Å². The monoisotopic (exact) mass is 303 g/mol. The topological polar surface area (TPSA) is 64.0 Å². The van der Waals surface area contributed by atoms with E-state index in [1.165, 1.54) is 16.8 Å². The third-order valence-electron chi connectivity index (χ3n) is 2.68. The van der Waals surface area contributed by atoms with Gasteiger partial charge in [0.2, 0.25) is 5.91 Å². The molecule has 0 radical (unpaired) electrons. The summed E-state index contributed by atoms with van der Waals surface area (Å²) >= 11 is 1.57. The summed E-state index contributed by atoms with van der Waals surface area (Å²) in [4.78, 5) is 24.3. The molecular formula is C15H17N3O2S. The largest absolute Gasteiger partial charge is 0.351 e. The third kappa shape index (κ3) is 4.39. The van der Waals surface area contributed by atoms with Crippen LogP contribution in [0, 0.1) is 0 Å². The predicted molar refractivity (Wildman–Crippen MR) is 84.3 cm³/mol. The minimum Gasteiger partial charge on any atom is -0.351 e. The van der Waals surface area contributed by atoms with Gasteiger partial charge in [-0.2, -0.15) is 5.10 Å². The van der Waals surface area contributed by atoms with E-state index in [2.05, 4.69) is 10.4 Å². The van der Waals surface area contributed by atoms with E-state index >= 15 is 0 Å². The molecule has 0 bridgehead atoms. The number of carbonyl (C=O) groups is 1. The van der Waals surface area contributed by atoms with Gasteiger partial charge >= 0.3 is 0 Å². The van der Waals surface area contributed by atoms with E-state index in [0.717, 1.165) is 16.1 Å². The van der Waals surface area contributed by atoms with Gasteiger partial charge in [0.15, 0.2) is 0 Å². The number of hydrogen-bond donors (Lipinski definition) is 1. The highest BCUT2D eigenvalue weighted by Gasteiger charge is 2.04. The summed E-state index contributed by atoms with van der Waals surface area (Å²) < 4.78 is 1.37. The van der Waals surface area contributed by atoms with E-state index in [1.54, 1.807) is 17.4 Å². The maximum Gasteiger partial charge on any atom is 0.266 e. The van der Waals surface area contributed by atoms with Crippen LogP contribution in [0.1, 0.15) is 13.8 Å². The van der Waals surface area contributed by atoms with E-state index in [0.29, 0.717) is 13.1 Å². The fourth-order valence-electron chi connectivity index (χ4n) is 1.76. The summed E-state index contributed by atoms with van der Waals surface area (Å²) in [6.07, 6.45) is 1.53. The lowest BCUT2D eigenvalue weighted by molar-refractivity contribution is -0.116. The quantitative estimate of drug-likeness (QED) is 0.860. The zero-order valence-electron chi connectivity index (χ0n) is 12.0. The fraction of sp³-hybridized carbons (Fsp3) is 0.267. The second-order valence-electron chi connectivity index (χ2n) is 4.77. The molecule has 0 aromatic carbocycles. The number of thiophene rings is 1. The van der Waals surface area contributed by atoms with Crippen molar-refractivity contribution in [2.75, 3.05) is 6.54 Å². The van der Waals surface area contributed by atoms with Crippen LogP contribution in [0.4, 0.5) is 0 Å². The zero-order valence-corrected chi connectivity index (χ0v) is 12.8. The van der Waals surface area contributed by atoms with Crippen LogP contribution < -0.4 is 10.9 Å². The Bertz CT molecular complexity index is 698. The normalized spacial score (nSPS) is 10.2. The minimum absolute atomic E-state index is 0.155. The molecule has 2 rings (SSSR count). The summed E-state index contributed by atoms with van der Waals surface area (Å²) in [5.41, 5.74) is 1.52. The van der Waals surface area contributed by atoms with Crippen molar-refractivity contribution in [2.45, 2.75) is 20.4 Å². The molecule has 0 spiro atoms. The van der Waals surface area contributed by atoms with E-state index in [4.69, 9.17) is 0 Å². The van der Waals surface area contributed by atoms with Crippen LogP contribution in [0.25, 0.3) is 10.6 Å². The summed E-state index contributed by atoms with van der Waals surface area (Å²) in [5.74, 6) is -0.155. The van der Waals surface area contributed by atoms with Crippen LogP contribution in [0.5, 0.6) is 0 Å². The highest BCUT2D eigenvalue weighted by atomic mass is 32.1. The Balaban J connectivity index is 2.03. The Hall–Kier alpha value is -2.21. The number of aromatic nitrogens is 2. The molecule has 0 saturated carbocycles. The lowest BCUT2D eigenvalue weighted by atomic mass is 10.3. The van der Waals surface area contributed by atoms with Crippen LogP contribution in [0.2, 0.25) is 0 Å². The SMILES string of the molecule is CC(C)=CC(=O)NCCn1nc(-c2cccs2)ccc1=O. The first-order valence-corrected chi connectivity index (χ1v) is 7.49. The van der Waals surface area contributed by atoms with Gasteiger partial charge in [-0.15, -0.1) is 11.3 Å². The molecule has 0 aliphatic rings. The summed E-state index contributed by atoms with van der Waals surface area (Å²) in [7, 11) is 0. The number of nitrogens with zero attached hydrogens (tertiary/aromatic N) is 2. The molecule has 21 heavy (non-hydrogen) atoms. The van der Waals surface area contributed by atoms with Gasteiger partial charge in [0.1, 0.15) is 5.69 Å². The fourth-order valence-corrected chi connectivity index (χ4v) is 2.45. The van der Waals surface area contributed by atoms with Crippen molar-refractivity contribution in [3.05, 3.63) is 51.6 Å². The van der Waals surface area contributed by atoms with Crippen molar-refractivity contribution in [3.8, 4) is 10.6 Å². The van der Waals surface area contributed by atoms with Gasteiger partial charge in [-0.3, -0.25) is 9.59 Å². The maximum absolute atomic E-state index is 11.8. The highest BCUT2D eigenvalue weighted by molar-refractivity contribution is 7.13. The molecule has 0 unspecified atom stereocenters. The molecule has 5 nitrogen and oxygen atoms in total. The van der Waals surface area contributed by atoms with Gasteiger partial charge in [0.25, 0.3) is 5.56 Å². The molecule has 2 heterocycles. The predicted octanol–water partition coefficient (Wildman–Crippen LogP) is 2.05. The van der Waals surface area contributed by atoms with Crippen LogP contribution in [0.15, 0.2) is 46.1 Å². The molecule has 0 aliphatic carbocycles. The Morgan fingerprint density at radius 2 is 2.19 bits per heavy atom. The van der Waals surface area contributed by atoms with E-state index in [9.17, 15) is 9.59 Å². The van der Waals surface area contributed by atoms with Crippen molar-refractivity contribution >= 4 is 17.2 Å². The number of nitrogens with one attached hydrogen (secondary N) is 1. The van der Waals surface area contributed by atoms with Crippen LogP contribution in [-0.4, -0.2) is 22.2 Å². The smallest absolute Gasteiger partial charge is 0.266 e. The Labute approximate surface area is 126 Å². The molecule has 2 aromatic heterocycles. The van der Waals surface area contributed by atoms with Gasteiger partial charge in [-0.25, -0.2) is 4.68 Å². The molecular weight excluding hydrogens is 286 g/mol. The second-order valence-corrected chi connectivity index (χ2v) is 5.72. The van der Waals surface area contributed by atoms with Gasteiger partial charge in [-0.1, -0.05) is 11.6 Å². The maximum atomic E-state index is 11.8. The summed E-state index contributed by atoms with van der Waals surface area (Å²) in [6, 6.07) is 7.11. The highest BCUT2D eigenvalue weighted by Crippen LogP contribution is 2.20. The van der Waals surface area contributed by atoms with Crippen LogP contribution >= 0.6 is 11.3 Å². The average Bonchev–Trinajstić information content (AvgIpc) is 2.94. The number of allylic oxidation sites excluding steroid dienone is 1. The second kappa shape index (κ2) is 6.99. The van der Waals surface area contributed by atoms with Crippen LogP contribution in [-0.2, 0) is 11.3 Å². The molecule has 0 saturated heterocycles. The first-order chi connectivity index (χ1) is 10.1. The van der Waals surface area contributed by atoms with Gasteiger partial charge in [0, 0.05) is 18.7 Å². The molecule has 110 valence electrons. The van der Waals surface area contributed by atoms with Crippen molar-refractivity contribution in [3.63, 3.8) is 0 Å². The molecule has 1 N–H and O–H groups in total. The molecule has 1 amide bonds. The number of amides is 1. The van der Waals surface area contributed by atoms with E-state index in [1.807, 2.05) is 31.4 Å². The average molecular weight is 303 g/mol. The van der Waals surface area contributed by atoms with Crippen molar-refractivity contribution in [2.24, 2.45) is 0 Å². The van der Waals surface area contributed by atoms with Crippen molar-refractivity contribution < 1.29 is 4.79 Å². The van der Waals surface area contributed by atoms with Crippen molar-refractivity contribution in [1.82, 2.24) is 15.1 Å². The number of carbonyl (C=O) groups excluding carboxylic acids is 1. The van der Waals surface area contributed by atoms with E-state index in [-0.39, 0.29) is 11.5 Å². The van der Waals surface area contributed by atoms with E-state index < -0.39 is 0 Å².